The third kappa shape index (κ3) is 4.49. The number of methoxy groups -OCH3 is 1. The molecule has 0 fully saturated rings. The second-order valence-electron chi connectivity index (χ2n) is 8.89. The van der Waals surface area contributed by atoms with Gasteiger partial charge < -0.3 is 4.74 Å². The molecule has 0 aliphatic rings. The third-order valence-electron chi connectivity index (χ3n) is 6.69. The Morgan fingerprint density at radius 1 is 0.816 bits per heavy atom. The van der Waals surface area contributed by atoms with Gasteiger partial charge in [0.25, 0.3) is 5.56 Å². The van der Waals surface area contributed by atoms with Crippen LogP contribution < -0.4 is 10.3 Å². The van der Waals surface area contributed by atoms with Gasteiger partial charge in [-0.2, -0.15) is 4.31 Å². The number of rotatable bonds is 7. The van der Waals surface area contributed by atoms with Crippen molar-refractivity contribution in [1.29, 1.82) is 0 Å². The summed E-state index contributed by atoms with van der Waals surface area (Å²) in [4.78, 5) is 18.7. The molecule has 0 N–H and O–H groups in total. The molecule has 1 unspecified atom stereocenters. The molecule has 5 aromatic rings. The van der Waals surface area contributed by atoms with Gasteiger partial charge in [0.1, 0.15) is 11.6 Å². The molecule has 0 aliphatic heterocycles. The summed E-state index contributed by atoms with van der Waals surface area (Å²) in [5, 5.41) is 0.427. The number of hydrogen-bond donors (Lipinski definition) is 0. The van der Waals surface area contributed by atoms with Crippen LogP contribution in [0.3, 0.4) is 0 Å². The maximum Gasteiger partial charge on any atom is 0.266 e. The molecule has 1 aromatic heterocycles. The van der Waals surface area contributed by atoms with Crippen molar-refractivity contribution in [1.82, 2.24) is 13.9 Å². The Morgan fingerprint density at radius 3 is 2.13 bits per heavy atom. The molecular weight excluding hydrogens is 498 g/mol. The minimum Gasteiger partial charge on any atom is -0.495 e. The number of para-hydroxylation sites is 3. The maximum atomic E-state index is 13.7. The highest BCUT2D eigenvalue weighted by Crippen LogP contribution is 2.30. The molecule has 1 atom stereocenters. The molecule has 192 valence electrons. The quantitative estimate of drug-likeness (QED) is 0.283. The molecule has 4 aromatic carbocycles. The van der Waals surface area contributed by atoms with Gasteiger partial charge in [-0.1, -0.05) is 66.7 Å². The number of sulfonamides is 1. The van der Waals surface area contributed by atoms with Gasteiger partial charge in [0.05, 0.1) is 34.6 Å². The molecule has 5 rings (SSSR count). The van der Waals surface area contributed by atoms with Crippen LogP contribution in [0, 0.1) is 0 Å². The fourth-order valence-electron chi connectivity index (χ4n) is 4.46. The summed E-state index contributed by atoms with van der Waals surface area (Å²) >= 11 is 0. The van der Waals surface area contributed by atoms with E-state index in [0.717, 1.165) is 11.1 Å². The van der Waals surface area contributed by atoms with E-state index < -0.39 is 16.1 Å². The lowest BCUT2D eigenvalue weighted by atomic mass is 10.1. The van der Waals surface area contributed by atoms with E-state index in [4.69, 9.17) is 9.72 Å². The maximum absolute atomic E-state index is 13.7. The summed E-state index contributed by atoms with van der Waals surface area (Å²) in [5.74, 6) is 0.757. The summed E-state index contributed by atoms with van der Waals surface area (Å²) < 4.78 is 35.6. The van der Waals surface area contributed by atoms with Gasteiger partial charge in [0.2, 0.25) is 10.0 Å². The average molecular weight is 526 g/mol. The first kappa shape index (κ1) is 25.4. The summed E-state index contributed by atoms with van der Waals surface area (Å²) in [5.41, 5.74) is 2.59. The molecule has 1 heterocycles. The van der Waals surface area contributed by atoms with Gasteiger partial charge in [-0.25, -0.2) is 13.4 Å². The van der Waals surface area contributed by atoms with Crippen LogP contribution in [0.15, 0.2) is 113 Å². The van der Waals surface area contributed by atoms with E-state index in [1.165, 1.54) is 23.0 Å². The van der Waals surface area contributed by atoms with Crippen molar-refractivity contribution < 1.29 is 13.2 Å². The van der Waals surface area contributed by atoms with Gasteiger partial charge in [-0.15, -0.1) is 0 Å². The number of nitrogens with zero attached hydrogens (tertiary/aromatic N) is 3. The van der Waals surface area contributed by atoms with Crippen molar-refractivity contribution in [2.24, 2.45) is 0 Å². The fourth-order valence-corrected chi connectivity index (χ4v) is 5.79. The van der Waals surface area contributed by atoms with Crippen LogP contribution in [0.2, 0.25) is 0 Å². The smallest absolute Gasteiger partial charge is 0.266 e. The molecule has 0 bridgehead atoms. The first-order chi connectivity index (χ1) is 18.3. The molecule has 0 spiro atoms. The molecular formula is C30H27N3O4S. The minimum absolute atomic E-state index is 0.151. The standard InChI is InChI=1S/C30H27N3O4S/c1-21(32(2)38(35,36)24-19-17-23(18-20-24)22-11-5-4-6-12-22)29-31-26-14-8-7-13-25(26)30(34)33(29)27-15-9-10-16-28(27)37-3/h4-21H,1-3H3. The zero-order valence-electron chi connectivity index (χ0n) is 21.3. The molecule has 0 saturated carbocycles. The normalized spacial score (nSPS) is 12.5. The lowest BCUT2D eigenvalue weighted by Gasteiger charge is -2.27. The van der Waals surface area contributed by atoms with E-state index in [-0.39, 0.29) is 16.3 Å². The number of fused-ring (bicyclic) bond motifs is 1. The van der Waals surface area contributed by atoms with Gasteiger partial charge in [-0.3, -0.25) is 9.36 Å². The Hall–Kier alpha value is -4.27. The second-order valence-corrected chi connectivity index (χ2v) is 10.9. The summed E-state index contributed by atoms with van der Waals surface area (Å²) in [6.45, 7) is 1.72. The number of ether oxygens (including phenoxy) is 1. The largest absolute Gasteiger partial charge is 0.495 e. The van der Waals surface area contributed by atoms with Crippen molar-refractivity contribution in [2.45, 2.75) is 17.9 Å². The third-order valence-corrected chi connectivity index (χ3v) is 8.63. The molecule has 8 heteroatoms. The van der Waals surface area contributed by atoms with Crippen molar-refractivity contribution in [3.8, 4) is 22.6 Å². The van der Waals surface area contributed by atoms with Crippen molar-refractivity contribution in [2.75, 3.05) is 14.2 Å². The molecule has 38 heavy (non-hydrogen) atoms. The highest BCUT2D eigenvalue weighted by Gasteiger charge is 2.30. The van der Waals surface area contributed by atoms with Gasteiger partial charge >= 0.3 is 0 Å². The average Bonchev–Trinajstić information content (AvgIpc) is 2.97. The second kappa shape index (κ2) is 10.2. The van der Waals surface area contributed by atoms with E-state index in [0.29, 0.717) is 22.3 Å². The highest BCUT2D eigenvalue weighted by molar-refractivity contribution is 7.89. The topological polar surface area (TPSA) is 81.5 Å². The van der Waals surface area contributed by atoms with Crippen LogP contribution in [0.5, 0.6) is 5.75 Å². The minimum atomic E-state index is -3.92. The molecule has 0 amide bonds. The van der Waals surface area contributed by atoms with Crippen LogP contribution in [-0.2, 0) is 10.0 Å². The van der Waals surface area contributed by atoms with Crippen LogP contribution in [0.1, 0.15) is 18.8 Å². The van der Waals surface area contributed by atoms with E-state index in [9.17, 15) is 13.2 Å². The molecule has 0 saturated heterocycles. The Morgan fingerprint density at radius 2 is 1.42 bits per heavy atom. The van der Waals surface area contributed by atoms with E-state index >= 15 is 0 Å². The van der Waals surface area contributed by atoms with Gasteiger partial charge in [-0.05, 0) is 54.4 Å². The fraction of sp³-hybridized carbons (Fsp3) is 0.133. The van der Waals surface area contributed by atoms with Crippen LogP contribution >= 0.6 is 0 Å². The SMILES string of the molecule is COc1ccccc1-n1c(C(C)N(C)S(=O)(=O)c2ccc(-c3ccccc3)cc2)nc2ccccc2c1=O. The van der Waals surface area contributed by atoms with E-state index in [2.05, 4.69) is 0 Å². The molecule has 7 nitrogen and oxygen atoms in total. The zero-order valence-corrected chi connectivity index (χ0v) is 22.1. The Kier molecular flexibility index (Phi) is 6.84. The van der Waals surface area contributed by atoms with Crippen LogP contribution in [0.25, 0.3) is 27.7 Å². The number of aromatic nitrogens is 2. The van der Waals surface area contributed by atoms with Gasteiger partial charge in [0, 0.05) is 7.05 Å². The Balaban J connectivity index is 1.61. The summed E-state index contributed by atoms with van der Waals surface area (Å²) in [6.07, 6.45) is 0. The molecule has 0 radical (unpaired) electrons. The summed E-state index contributed by atoms with van der Waals surface area (Å²) in [7, 11) is -0.895. The molecule has 0 aliphatic carbocycles. The lowest BCUT2D eigenvalue weighted by molar-refractivity contribution is 0.376. The predicted molar refractivity (Wildman–Crippen MR) is 149 cm³/mol. The van der Waals surface area contributed by atoms with Crippen molar-refractivity contribution >= 4 is 20.9 Å². The predicted octanol–water partition coefficient (Wildman–Crippen LogP) is 5.44. The number of benzene rings is 4. The Bertz CT molecular complexity index is 1770. The number of hydrogen-bond acceptors (Lipinski definition) is 5. The van der Waals surface area contributed by atoms with Crippen LogP contribution in [0.4, 0.5) is 0 Å². The van der Waals surface area contributed by atoms with Crippen molar-refractivity contribution in [3.63, 3.8) is 0 Å². The Labute approximate surface area is 221 Å². The summed E-state index contributed by atoms with van der Waals surface area (Å²) in [6, 6.07) is 29.9. The van der Waals surface area contributed by atoms with Gasteiger partial charge in [0.15, 0.2) is 0 Å². The van der Waals surface area contributed by atoms with Crippen LogP contribution in [-0.4, -0.2) is 36.4 Å². The lowest BCUT2D eigenvalue weighted by Crippen LogP contribution is -2.35. The first-order valence-corrected chi connectivity index (χ1v) is 13.6. The highest BCUT2D eigenvalue weighted by atomic mass is 32.2. The zero-order chi connectivity index (χ0) is 26.9. The first-order valence-electron chi connectivity index (χ1n) is 12.1. The van der Waals surface area contributed by atoms with E-state index in [1.807, 2.05) is 30.3 Å². The van der Waals surface area contributed by atoms with E-state index in [1.54, 1.807) is 79.7 Å². The monoisotopic (exact) mass is 525 g/mol. The van der Waals surface area contributed by atoms with Crippen molar-refractivity contribution in [3.05, 3.63) is 119 Å².